The summed E-state index contributed by atoms with van der Waals surface area (Å²) in [6.07, 6.45) is 2.35. The highest BCUT2D eigenvalue weighted by Crippen LogP contribution is 2.25. The van der Waals surface area contributed by atoms with Crippen LogP contribution in [0.4, 0.5) is 0 Å². The van der Waals surface area contributed by atoms with Gasteiger partial charge in [0, 0.05) is 10.0 Å². The van der Waals surface area contributed by atoms with E-state index in [-0.39, 0.29) is 0 Å². The van der Waals surface area contributed by atoms with Gasteiger partial charge in [0.1, 0.15) is 5.84 Å². The van der Waals surface area contributed by atoms with Crippen LogP contribution in [0.25, 0.3) is 0 Å². The second-order valence-corrected chi connectivity index (χ2v) is 4.69. The van der Waals surface area contributed by atoms with Crippen LogP contribution in [-0.2, 0) is 0 Å². The summed E-state index contributed by atoms with van der Waals surface area (Å²) in [5.74, 6) is 6.27. The summed E-state index contributed by atoms with van der Waals surface area (Å²) in [5.41, 5.74) is 4.91. The number of nitrogens with one attached hydrogen (secondary N) is 1. The number of nitrogens with two attached hydrogens (primary N) is 1. The maximum Gasteiger partial charge on any atom is 0.143 e. The third-order valence-corrected chi connectivity index (χ3v) is 3.06. The van der Waals surface area contributed by atoms with Gasteiger partial charge in [-0.1, -0.05) is 27.6 Å². The molecule has 0 spiro atoms. The van der Waals surface area contributed by atoms with Gasteiger partial charge >= 0.3 is 0 Å². The quantitative estimate of drug-likeness (QED) is 0.373. The molecule has 3 nitrogen and oxygen atoms in total. The number of aryl methyl sites for hydroxylation is 1. The summed E-state index contributed by atoms with van der Waals surface area (Å²) in [6, 6.07) is 6.61. The number of halogens is 1. The SMILES string of the molecule is Cc1ccc(Br)c(C(=NC2CC2)NN)c1. The van der Waals surface area contributed by atoms with Crippen LogP contribution in [0, 0.1) is 6.92 Å². The van der Waals surface area contributed by atoms with Crippen molar-refractivity contribution in [2.24, 2.45) is 10.8 Å². The average molecular weight is 268 g/mol. The molecular weight excluding hydrogens is 254 g/mol. The molecule has 0 saturated heterocycles. The summed E-state index contributed by atoms with van der Waals surface area (Å²) in [6.45, 7) is 2.06. The molecule has 0 radical (unpaired) electrons. The lowest BCUT2D eigenvalue weighted by Gasteiger charge is -2.08. The van der Waals surface area contributed by atoms with E-state index in [0.29, 0.717) is 6.04 Å². The molecule has 4 heteroatoms. The van der Waals surface area contributed by atoms with E-state index in [1.807, 2.05) is 6.07 Å². The van der Waals surface area contributed by atoms with Gasteiger partial charge in [-0.05, 0) is 31.9 Å². The van der Waals surface area contributed by atoms with Crippen LogP contribution >= 0.6 is 15.9 Å². The van der Waals surface area contributed by atoms with Gasteiger partial charge in [-0.15, -0.1) is 0 Å². The molecule has 0 aromatic heterocycles. The van der Waals surface area contributed by atoms with Gasteiger partial charge in [-0.25, -0.2) is 5.84 Å². The highest BCUT2D eigenvalue weighted by atomic mass is 79.9. The van der Waals surface area contributed by atoms with Crippen LogP contribution in [0.2, 0.25) is 0 Å². The first kappa shape index (κ1) is 10.6. The van der Waals surface area contributed by atoms with Gasteiger partial charge < -0.3 is 5.43 Å². The Bertz CT molecular complexity index is 397. The van der Waals surface area contributed by atoms with Crippen molar-refractivity contribution in [3.8, 4) is 0 Å². The minimum atomic E-state index is 0.462. The first-order chi connectivity index (χ1) is 7.20. The van der Waals surface area contributed by atoms with Gasteiger partial charge in [0.05, 0.1) is 6.04 Å². The van der Waals surface area contributed by atoms with Crippen molar-refractivity contribution in [3.63, 3.8) is 0 Å². The second-order valence-electron chi connectivity index (χ2n) is 3.84. The van der Waals surface area contributed by atoms with E-state index < -0.39 is 0 Å². The Morgan fingerprint density at radius 1 is 1.53 bits per heavy atom. The van der Waals surface area contributed by atoms with E-state index in [1.165, 1.54) is 18.4 Å². The average Bonchev–Trinajstić information content (AvgIpc) is 3.02. The minimum absolute atomic E-state index is 0.462. The number of aliphatic imine (C=N–C) groups is 1. The molecule has 0 atom stereocenters. The van der Waals surface area contributed by atoms with Crippen LogP contribution in [0.1, 0.15) is 24.0 Å². The summed E-state index contributed by atoms with van der Waals surface area (Å²) < 4.78 is 1.02. The lowest BCUT2D eigenvalue weighted by Crippen LogP contribution is -2.31. The molecule has 0 unspecified atom stereocenters. The maximum atomic E-state index is 5.50. The Balaban J connectivity index is 2.36. The van der Waals surface area contributed by atoms with E-state index in [9.17, 15) is 0 Å². The highest BCUT2D eigenvalue weighted by Gasteiger charge is 2.21. The smallest absolute Gasteiger partial charge is 0.143 e. The van der Waals surface area contributed by atoms with E-state index in [2.05, 4.69) is 45.4 Å². The Morgan fingerprint density at radius 2 is 2.27 bits per heavy atom. The third kappa shape index (κ3) is 2.58. The van der Waals surface area contributed by atoms with Crippen molar-refractivity contribution < 1.29 is 0 Å². The molecule has 1 saturated carbocycles. The molecule has 1 aromatic carbocycles. The minimum Gasteiger partial charge on any atom is -0.308 e. The summed E-state index contributed by atoms with van der Waals surface area (Å²) >= 11 is 3.51. The number of hydrazine groups is 1. The predicted octanol–water partition coefficient (Wildman–Crippen LogP) is 2.13. The van der Waals surface area contributed by atoms with Crippen molar-refractivity contribution >= 4 is 21.8 Å². The Kier molecular flexibility index (Phi) is 3.07. The summed E-state index contributed by atoms with van der Waals surface area (Å²) in [5, 5.41) is 0. The van der Waals surface area contributed by atoms with E-state index in [4.69, 9.17) is 5.84 Å². The fourth-order valence-corrected chi connectivity index (χ4v) is 1.83. The topological polar surface area (TPSA) is 50.4 Å². The van der Waals surface area contributed by atoms with E-state index in [1.54, 1.807) is 0 Å². The standard InChI is InChI=1S/C11H14BrN3/c1-7-2-5-10(12)9(6-7)11(15-13)14-8-3-4-8/h2,5-6,8H,3-4,13H2,1H3,(H,14,15). The highest BCUT2D eigenvalue weighted by molar-refractivity contribution is 9.10. The van der Waals surface area contributed by atoms with Crippen molar-refractivity contribution in [1.29, 1.82) is 0 Å². The van der Waals surface area contributed by atoms with Crippen molar-refractivity contribution in [1.82, 2.24) is 5.43 Å². The molecule has 1 aliphatic carbocycles. The molecular formula is C11H14BrN3. The maximum absolute atomic E-state index is 5.50. The fraction of sp³-hybridized carbons (Fsp3) is 0.364. The molecule has 2 rings (SSSR count). The van der Waals surface area contributed by atoms with Gasteiger partial charge in [0.25, 0.3) is 0 Å². The fourth-order valence-electron chi connectivity index (χ4n) is 1.39. The molecule has 0 bridgehead atoms. The lowest BCUT2D eigenvalue weighted by molar-refractivity contribution is 0.970. The molecule has 1 aromatic rings. The zero-order chi connectivity index (χ0) is 10.8. The number of hydrogen-bond acceptors (Lipinski definition) is 2. The molecule has 0 aliphatic heterocycles. The number of hydrogen-bond donors (Lipinski definition) is 2. The molecule has 0 amide bonds. The Morgan fingerprint density at radius 3 is 2.87 bits per heavy atom. The summed E-state index contributed by atoms with van der Waals surface area (Å²) in [4.78, 5) is 4.53. The predicted molar refractivity (Wildman–Crippen MR) is 65.8 cm³/mol. The lowest BCUT2D eigenvalue weighted by atomic mass is 10.1. The molecule has 15 heavy (non-hydrogen) atoms. The van der Waals surface area contributed by atoms with Crippen LogP contribution in [-0.4, -0.2) is 11.9 Å². The van der Waals surface area contributed by atoms with Crippen LogP contribution in [0.15, 0.2) is 27.7 Å². The van der Waals surface area contributed by atoms with Crippen LogP contribution in [0.3, 0.4) is 0 Å². The van der Waals surface area contributed by atoms with Gasteiger partial charge in [0.2, 0.25) is 0 Å². The molecule has 3 N–H and O–H groups in total. The normalized spacial score (nSPS) is 16.6. The van der Waals surface area contributed by atoms with Crippen molar-refractivity contribution in [2.75, 3.05) is 0 Å². The van der Waals surface area contributed by atoms with Gasteiger partial charge in [-0.2, -0.15) is 0 Å². The van der Waals surface area contributed by atoms with Gasteiger partial charge in [-0.3, -0.25) is 4.99 Å². The zero-order valence-electron chi connectivity index (χ0n) is 8.63. The first-order valence-electron chi connectivity index (χ1n) is 5.01. The largest absolute Gasteiger partial charge is 0.308 e. The van der Waals surface area contributed by atoms with Crippen LogP contribution in [0.5, 0.6) is 0 Å². The number of benzene rings is 1. The zero-order valence-corrected chi connectivity index (χ0v) is 10.2. The monoisotopic (exact) mass is 267 g/mol. The number of amidine groups is 1. The second kappa shape index (κ2) is 4.33. The van der Waals surface area contributed by atoms with Crippen molar-refractivity contribution in [3.05, 3.63) is 33.8 Å². The van der Waals surface area contributed by atoms with E-state index >= 15 is 0 Å². The first-order valence-corrected chi connectivity index (χ1v) is 5.81. The Labute approximate surface area is 97.9 Å². The molecule has 1 aliphatic rings. The Hall–Kier alpha value is -0.870. The number of rotatable bonds is 2. The summed E-state index contributed by atoms with van der Waals surface area (Å²) in [7, 11) is 0. The van der Waals surface area contributed by atoms with Gasteiger partial charge in [0.15, 0.2) is 0 Å². The van der Waals surface area contributed by atoms with Crippen LogP contribution < -0.4 is 11.3 Å². The van der Waals surface area contributed by atoms with Crippen molar-refractivity contribution in [2.45, 2.75) is 25.8 Å². The third-order valence-electron chi connectivity index (χ3n) is 2.37. The van der Waals surface area contributed by atoms with E-state index in [0.717, 1.165) is 15.9 Å². The molecule has 80 valence electrons. The molecule has 1 fully saturated rings. The number of nitrogens with zero attached hydrogens (tertiary/aromatic N) is 1. The molecule has 0 heterocycles.